The summed E-state index contributed by atoms with van der Waals surface area (Å²) in [7, 11) is -1.46. The van der Waals surface area contributed by atoms with Crippen molar-refractivity contribution in [2.45, 2.75) is 12.5 Å². The summed E-state index contributed by atoms with van der Waals surface area (Å²) in [6.07, 6.45) is 3.26. The summed E-state index contributed by atoms with van der Waals surface area (Å²) in [6, 6.07) is 8.53. The number of nitrogens with zero attached hydrogens (tertiary/aromatic N) is 4. The molecule has 0 saturated carbocycles. The van der Waals surface area contributed by atoms with Crippen molar-refractivity contribution in [3.8, 4) is 6.07 Å². The summed E-state index contributed by atoms with van der Waals surface area (Å²) in [5.74, 6) is 0.114. The molecule has 1 amide bonds. The van der Waals surface area contributed by atoms with Gasteiger partial charge in [-0.2, -0.15) is 5.26 Å². The quantitative estimate of drug-likeness (QED) is 0.862. The van der Waals surface area contributed by atoms with Crippen LogP contribution < -0.4 is 5.32 Å². The Kier molecular flexibility index (Phi) is 4.86. The van der Waals surface area contributed by atoms with Crippen LogP contribution in [-0.2, 0) is 9.84 Å². The van der Waals surface area contributed by atoms with Gasteiger partial charge in [-0.15, -0.1) is 0 Å². The molecule has 2 aromatic rings. The molecule has 2 heterocycles. The number of carbonyl (C=O) groups is 1. The maximum absolute atomic E-state index is 12.5. The van der Waals surface area contributed by atoms with Crippen LogP contribution in [-0.4, -0.2) is 53.8 Å². The molecule has 1 N–H and O–H groups in total. The molecule has 1 atom stereocenters. The predicted molar refractivity (Wildman–Crippen MR) is 95.6 cm³/mol. The fourth-order valence-corrected chi connectivity index (χ4v) is 4.48. The van der Waals surface area contributed by atoms with Gasteiger partial charge in [0.05, 0.1) is 28.7 Å². The number of nitriles is 1. The van der Waals surface area contributed by atoms with Gasteiger partial charge in [-0.3, -0.25) is 4.79 Å². The van der Waals surface area contributed by atoms with Crippen LogP contribution in [0.15, 0.2) is 36.7 Å². The molecule has 1 aliphatic heterocycles. The van der Waals surface area contributed by atoms with E-state index in [1.807, 2.05) is 6.07 Å². The lowest BCUT2D eigenvalue weighted by Gasteiger charge is -2.23. The van der Waals surface area contributed by atoms with E-state index in [1.54, 1.807) is 31.3 Å². The van der Waals surface area contributed by atoms with Gasteiger partial charge in [0, 0.05) is 31.2 Å². The average molecular weight is 371 g/mol. The summed E-state index contributed by atoms with van der Waals surface area (Å²) in [5, 5.41) is 11.8. The number of nitrogens with one attached hydrogen (secondary N) is 1. The molecule has 1 unspecified atom stereocenters. The summed E-state index contributed by atoms with van der Waals surface area (Å²) >= 11 is 0. The Morgan fingerprint density at radius 1 is 1.27 bits per heavy atom. The zero-order valence-corrected chi connectivity index (χ0v) is 14.9. The van der Waals surface area contributed by atoms with Crippen molar-refractivity contribution >= 4 is 27.4 Å². The molecule has 1 aliphatic rings. The maximum atomic E-state index is 12.5. The van der Waals surface area contributed by atoms with Crippen molar-refractivity contribution in [2.75, 3.05) is 23.9 Å². The molecule has 9 heteroatoms. The Labute approximate surface area is 151 Å². The second-order valence-corrected chi connectivity index (χ2v) is 8.31. The molecular formula is C17H17N5O3S. The van der Waals surface area contributed by atoms with E-state index >= 15 is 0 Å². The van der Waals surface area contributed by atoms with Crippen LogP contribution in [0.1, 0.15) is 22.3 Å². The lowest BCUT2D eigenvalue weighted by molar-refractivity contribution is 0.0747. The molecule has 0 radical (unpaired) electrons. The highest BCUT2D eigenvalue weighted by atomic mass is 32.2. The van der Waals surface area contributed by atoms with Gasteiger partial charge >= 0.3 is 0 Å². The van der Waals surface area contributed by atoms with E-state index in [1.165, 1.54) is 17.3 Å². The highest BCUT2D eigenvalue weighted by Gasteiger charge is 2.33. The van der Waals surface area contributed by atoms with Crippen molar-refractivity contribution in [2.24, 2.45) is 0 Å². The van der Waals surface area contributed by atoms with Gasteiger partial charge in [0.1, 0.15) is 0 Å². The molecule has 0 bridgehead atoms. The molecule has 1 saturated heterocycles. The predicted octanol–water partition coefficient (Wildman–Crippen LogP) is 1.35. The van der Waals surface area contributed by atoms with Crippen molar-refractivity contribution in [3.63, 3.8) is 0 Å². The SMILES string of the molecule is CN(C(=O)c1cnc(Nc2ccc(C#N)cc2)nc1)C1CCS(=O)(=O)C1. The summed E-state index contributed by atoms with van der Waals surface area (Å²) < 4.78 is 23.1. The van der Waals surface area contributed by atoms with Crippen molar-refractivity contribution in [3.05, 3.63) is 47.8 Å². The monoisotopic (exact) mass is 371 g/mol. The number of rotatable bonds is 4. The zero-order valence-electron chi connectivity index (χ0n) is 14.1. The van der Waals surface area contributed by atoms with Crippen LogP contribution in [0.4, 0.5) is 11.6 Å². The summed E-state index contributed by atoms with van der Waals surface area (Å²) in [6.45, 7) is 0. The summed E-state index contributed by atoms with van der Waals surface area (Å²) in [4.78, 5) is 22.2. The standard InChI is InChI=1S/C17H17N5O3S/c1-22(15-6-7-26(24,25)11-15)16(23)13-9-19-17(20-10-13)21-14-4-2-12(8-18)3-5-14/h2-5,9-10,15H,6-7,11H2,1H3,(H,19,20,21). The normalized spacial score (nSPS) is 18.1. The van der Waals surface area contributed by atoms with Crippen LogP contribution in [0.25, 0.3) is 0 Å². The molecule has 3 rings (SSSR count). The average Bonchev–Trinajstić information content (AvgIpc) is 3.01. The Hall–Kier alpha value is -2.99. The number of carbonyl (C=O) groups excluding carboxylic acids is 1. The van der Waals surface area contributed by atoms with E-state index in [2.05, 4.69) is 15.3 Å². The molecule has 0 aliphatic carbocycles. The Balaban J connectivity index is 1.66. The van der Waals surface area contributed by atoms with Crippen molar-refractivity contribution in [1.82, 2.24) is 14.9 Å². The van der Waals surface area contributed by atoms with Crippen LogP contribution in [0.5, 0.6) is 0 Å². The molecule has 8 nitrogen and oxygen atoms in total. The molecule has 0 spiro atoms. The van der Waals surface area contributed by atoms with Crippen molar-refractivity contribution < 1.29 is 13.2 Å². The lowest BCUT2D eigenvalue weighted by atomic mass is 10.2. The van der Waals surface area contributed by atoms with Crippen LogP contribution in [0.3, 0.4) is 0 Å². The van der Waals surface area contributed by atoms with E-state index in [-0.39, 0.29) is 23.5 Å². The minimum absolute atomic E-state index is 0.00553. The van der Waals surface area contributed by atoms with Gasteiger partial charge in [-0.25, -0.2) is 18.4 Å². The van der Waals surface area contributed by atoms with E-state index in [0.29, 0.717) is 23.5 Å². The maximum Gasteiger partial charge on any atom is 0.257 e. The number of aromatic nitrogens is 2. The second-order valence-electron chi connectivity index (χ2n) is 6.08. The summed E-state index contributed by atoms with van der Waals surface area (Å²) in [5.41, 5.74) is 1.56. The molecule has 26 heavy (non-hydrogen) atoms. The zero-order chi connectivity index (χ0) is 18.7. The van der Waals surface area contributed by atoms with Gasteiger partial charge in [0.2, 0.25) is 5.95 Å². The molecule has 1 aromatic heterocycles. The first-order valence-corrected chi connectivity index (χ1v) is 9.77. The first-order valence-electron chi connectivity index (χ1n) is 7.95. The van der Waals surface area contributed by atoms with Gasteiger partial charge in [-0.05, 0) is 30.7 Å². The second kappa shape index (κ2) is 7.09. The number of anilines is 2. The van der Waals surface area contributed by atoms with E-state index in [9.17, 15) is 13.2 Å². The van der Waals surface area contributed by atoms with E-state index < -0.39 is 9.84 Å². The van der Waals surface area contributed by atoms with Gasteiger partial charge in [0.25, 0.3) is 5.91 Å². The number of sulfone groups is 1. The fourth-order valence-electron chi connectivity index (χ4n) is 2.71. The fraction of sp³-hybridized carbons (Fsp3) is 0.294. The third-order valence-electron chi connectivity index (χ3n) is 4.25. The largest absolute Gasteiger partial charge is 0.338 e. The van der Waals surface area contributed by atoms with Gasteiger partial charge < -0.3 is 10.2 Å². The molecule has 1 fully saturated rings. The van der Waals surface area contributed by atoms with Crippen molar-refractivity contribution in [1.29, 1.82) is 5.26 Å². The molecular weight excluding hydrogens is 354 g/mol. The van der Waals surface area contributed by atoms with Crippen LogP contribution >= 0.6 is 0 Å². The third kappa shape index (κ3) is 3.97. The number of amides is 1. The van der Waals surface area contributed by atoms with E-state index in [0.717, 1.165) is 5.69 Å². The first kappa shape index (κ1) is 17.8. The highest BCUT2D eigenvalue weighted by molar-refractivity contribution is 7.91. The minimum Gasteiger partial charge on any atom is -0.338 e. The topological polar surface area (TPSA) is 116 Å². The Morgan fingerprint density at radius 3 is 2.46 bits per heavy atom. The number of hydrogen-bond acceptors (Lipinski definition) is 7. The third-order valence-corrected chi connectivity index (χ3v) is 6.00. The van der Waals surface area contributed by atoms with Gasteiger partial charge in [0.15, 0.2) is 9.84 Å². The number of hydrogen-bond donors (Lipinski definition) is 1. The van der Waals surface area contributed by atoms with Gasteiger partial charge in [-0.1, -0.05) is 0 Å². The Bertz CT molecular complexity index is 949. The minimum atomic E-state index is -3.06. The molecule has 134 valence electrons. The Morgan fingerprint density at radius 2 is 1.92 bits per heavy atom. The highest BCUT2D eigenvalue weighted by Crippen LogP contribution is 2.19. The smallest absolute Gasteiger partial charge is 0.257 e. The number of benzene rings is 1. The van der Waals surface area contributed by atoms with Crippen LogP contribution in [0.2, 0.25) is 0 Å². The first-order chi connectivity index (χ1) is 12.4. The van der Waals surface area contributed by atoms with Crippen LogP contribution in [0, 0.1) is 11.3 Å². The lowest BCUT2D eigenvalue weighted by Crippen LogP contribution is -2.37. The van der Waals surface area contributed by atoms with E-state index in [4.69, 9.17) is 5.26 Å². The molecule has 1 aromatic carbocycles.